The second-order valence-corrected chi connectivity index (χ2v) is 6.02. The van der Waals surface area contributed by atoms with Crippen molar-refractivity contribution >= 4 is 17.5 Å². The van der Waals surface area contributed by atoms with Gasteiger partial charge in [-0.3, -0.25) is 4.79 Å². The Bertz CT molecular complexity index is 525. The number of amides is 1. The van der Waals surface area contributed by atoms with E-state index in [0.29, 0.717) is 29.9 Å². The molecule has 1 amide bonds. The first-order valence-corrected chi connectivity index (χ1v) is 7.22. The van der Waals surface area contributed by atoms with Gasteiger partial charge in [-0.2, -0.15) is 0 Å². The van der Waals surface area contributed by atoms with Crippen molar-refractivity contribution in [1.29, 1.82) is 0 Å². The molecule has 0 bridgehead atoms. The Labute approximate surface area is 118 Å². The van der Waals surface area contributed by atoms with E-state index in [0.717, 1.165) is 16.7 Å². The van der Waals surface area contributed by atoms with Gasteiger partial charge in [-0.25, -0.2) is 0 Å². The van der Waals surface area contributed by atoms with E-state index >= 15 is 0 Å². The molecule has 1 atom stereocenters. The average molecular weight is 280 g/mol. The molecule has 0 radical (unpaired) electrons. The lowest BCUT2D eigenvalue weighted by molar-refractivity contribution is 0.0696. The molecule has 1 N–H and O–H groups in total. The zero-order valence-corrected chi connectivity index (χ0v) is 11.8. The van der Waals surface area contributed by atoms with Crippen LogP contribution in [0.1, 0.15) is 41.3 Å². The van der Waals surface area contributed by atoms with E-state index in [2.05, 4.69) is 6.92 Å². The maximum absolute atomic E-state index is 12.6. The van der Waals surface area contributed by atoms with Crippen LogP contribution in [0, 0.1) is 5.92 Å². The van der Waals surface area contributed by atoms with Gasteiger partial charge >= 0.3 is 0 Å². The van der Waals surface area contributed by atoms with Gasteiger partial charge in [0.25, 0.3) is 5.91 Å². The fourth-order valence-corrected chi connectivity index (χ4v) is 3.27. The van der Waals surface area contributed by atoms with Crippen molar-refractivity contribution in [2.24, 2.45) is 5.92 Å². The van der Waals surface area contributed by atoms with Gasteiger partial charge < -0.3 is 10.0 Å². The Balaban J connectivity index is 1.95. The molecule has 102 valence electrons. The van der Waals surface area contributed by atoms with Crippen molar-refractivity contribution in [3.63, 3.8) is 0 Å². The van der Waals surface area contributed by atoms with Crippen LogP contribution in [-0.4, -0.2) is 28.6 Å². The Morgan fingerprint density at radius 3 is 2.84 bits per heavy atom. The molecule has 2 aliphatic rings. The van der Waals surface area contributed by atoms with Crippen LogP contribution >= 0.6 is 11.6 Å². The highest BCUT2D eigenvalue weighted by Gasteiger charge is 2.39. The quantitative estimate of drug-likeness (QED) is 0.920. The van der Waals surface area contributed by atoms with Crippen molar-refractivity contribution in [2.45, 2.75) is 38.8 Å². The van der Waals surface area contributed by atoms with Gasteiger partial charge in [0.15, 0.2) is 0 Å². The van der Waals surface area contributed by atoms with Gasteiger partial charge in [0.05, 0.1) is 0 Å². The molecule has 1 aliphatic heterocycles. The number of carbonyl (C=O) groups is 1. The van der Waals surface area contributed by atoms with Crippen molar-refractivity contribution in [3.8, 4) is 0 Å². The van der Waals surface area contributed by atoms with Crippen LogP contribution in [0.5, 0.6) is 0 Å². The van der Waals surface area contributed by atoms with Crippen molar-refractivity contribution in [2.75, 3.05) is 6.61 Å². The summed E-state index contributed by atoms with van der Waals surface area (Å²) >= 11 is 6.10. The molecule has 1 aliphatic carbocycles. The van der Waals surface area contributed by atoms with Crippen LogP contribution < -0.4 is 0 Å². The summed E-state index contributed by atoms with van der Waals surface area (Å²) in [5.74, 6) is 0.768. The zero-order chi connectivity index (χ0) is 13.6. The maximum atomic E-state index is 12.6. The molecule has 0 saturated heterocycles. The van der Waals surface area contributed by atoms with Crippen LogP contribution in [0.3, 0.4) is 0 Å². The molecule has 1 heterocycles. The zero-order valence-electron chi connectivity index (χ0n) is 11.0. The Morgan fingerprint density at radius 2 is 2.21 bits per heavy atom. The number of benzene rings is 1. The number of aliphatic hydroxyl groups excluding tert-OH is 1. The van der Waals surface area contributed by atoms with Crippen LogP contribution in [0.15, 0.2) is 12.1 Å². The van der Waals surface area contributed by atoms with Gasteiger partial charge in [0.1, 0.15) is 0 Å². The number of rotatable bonds is 4. The summed E-state index contributed by atoms with van der Waals surface area (Å²) < 4.78 is 0. The maximum Gasteiger partial charge on any atom is 0.255 e. The molecule has 3 nitrogen and oxygen atoms in total. The largest absolute Gasteiger partial charge is 0.396 e. The monoisotopic (exact) mass is 279 g/mol. The summed E-state index contributed by atoms with van der Waals surface area (Å²) in [5, 5.41) is 9.78. The van der Waals surface area contributed by atoms with E-state index in [1.165, 1.54) is 12.8 Å². The van der Waals surface area contributed by atoms with Crippen molar-refractivity contribution < 1.29 is 9.90 Å². The highest BCUT2D eigenvalue weighted by atomic mass is 35.5. The summed E-state index contributed by atoms with van der Waals surface area (Å²) in [7, 11) is 0. The van der Waals surface area contributed by atoms with Gasteiger partial charge in [0.2, 0.25) is 0 Å². The van der Waals surface area contributed by atoms with E-state index in [1.54, 1.807) is 6.07 Å². The fourth-order valence-electron chi connectivity index (χ4n) is 3.00. The molecule has 3 rings (SSSR count). The number of fused-ring (bicyclic) bond motifs is 1. The highest BCUT2D eigenvalue weighted by molar-refractivity contribution is 6.31. The molecule has 1 fully saturated rings. The Hall–Kier alpha value is -1.06. The lowest BCUT2D eigenvalue weighted by Gasteiger charge is -2.24. The van der Waals surface area contributed by atoms with Gasteiger partial charge in [-0.1, -0.05) is 11.6 Å². The minimum Gasteiger partial charge on any atom is -0.396 e. The van der Waals surface area contributed by atoms with Gasteiger partial charge in [0, 0.05) is 29.8 Å². The Morgan fingerprint density at radius 1 is 1.47 bits per heavy atom. The fraction of sp³-hybridized carbons (Fsp3) is 0.533. The van der Waals surface area contributed by atoms with Crippen molar-refractivity contribution in [1.82, 2.24) is 4.90 Å². The van der Waals surface area contributed by atoms with E-state index in [4.69, 9.17) is 16.7 Å². The van der Waals surface area contributed by atoms with Crippen LogP contribution in [0.4, 0.5) is 0 Å². The minimum atomic E-state index is 0.0399. The third-order valence-electron chi connectivity index (χ3n) is 4.26. The molecule has 1 saturated carbocycles. The predicted octanol–water partition coefficient (Wildman–Crippen LogP) is 2.63. The number of halogens is 1. The first kappa shape index (κ1) is 12.9. The minimum absolute atomic E-state index is 0.0399. The SMILES string of the molecule is C[C@@H](C1CC1)N1Cc2cc(Cl)cc(CCO)c2C1=O. The summed E-state index contributed by atoms with van der Waals surface area (Å²) in [6.07, 6.45) is 2.94. The van der Waals surface area contributed by atoms with Gasteiger partial charge in [-0.05, 0) is 55.4 Å². The molecule has 0 spiro atoms. The van der Waals surface area contributed by atoms with E-state index in [9.17, 15) is 4.79 Å². The smallest absolute Gasteiger partial charge is 0.255 e. The second-order valence-electron chi connectivity index (χ2n) is 5.58. The molecule has 0 unspecified atom stereocenters. The van der Waals surface area contributed by atoms with E-state index in [-0.39, 0.29) is 12.5 Å². The molecular weight excluding hydrogens is 262 g/mol. The first-order valence-electron chi connectivity index (χ1n) is 6.85. The summed E-state index contributed by atoms with van der Waals surface area (Å²) in [4.78, 5) is 14.5. The van der Waals surface area contributed by atoms with E-state index in [1.807, 2.05) is 11.0 Å². The molecule has 4 heteroatoms. The first-order chi connectivity index (χ1) is 9.11. The molecule has 0 aromatic heterocycles. The Kier molecular flexibility index (Phi) is 3.27. The third kappa shape index (κ3) is 2.26. The third-order valence-corrected chi connectivity index (χ3v) is 4.48. The van der Waals surface area contributed by atoms with Crippen LogP contribution in [-0.2, 0) is 13.0 Å². The van der Waals surface area contributed by atoms with E-state index < -0.39 is 0 Å². The molecule has 19 heavy (non-hydrogen) atoms. The lowest BCUT2D eigenvalue weighted by Crippen LogP contribution is -2.34. The highest BCUT2D eigenvalue weighted by Crippen LogP contribution is 2.39. The number of hydrogen-bond donors (Lipinski definition) is 1. The predicted molar refractivity (Wildman–Crippen MR) is 74.3 cm³/mol. The summed E-state index contributed by atoms with van der Waals surface area (Å²) in [5.41, 5.74) is 2.65. The van der Waals surface area contributed by atoms with Gasteiger partial charge in [-0.15, -0.1) is 0 Å². The summed E-state index contributed by atoms with van der Waals surface area (Å²) in [6, 6.07) is 4.00. The normalized spacial score (nSPS) is 19.7. The number of nitrogens with zero attached hydrogens (tertiary/aromatic N) is 1. The van der Waals surface area contributed by atoms with Crippen LogP contribution in [0.2, 0.25) is 5.02 Å². The topological polar surface area (TPSA) is 40.5 Å². The number of aliphatic hydroxyl groups is 1. The average Bonchev–Trinajstić information content (AvgIpc) is 3.14. The molecular formula is C15H18ClNO2. The summed E-state index contributed by atoms with van der Waals surface area (Å²) in [6.45, 7) is 2.83. The van der Waals surface area contributed by atoms with Crippen LogP contribution in [0.25, 0.3) is 0 Å². The second kappa shape index (κ2) is 4.80. The molecule has 1 aromatic carbocycles. The standard InChI is InChI=1S/C15H18ClNO2/c1-9(10-2-3-10)17-8-12-7-13(16)6-11(4-5-18)14(12)15(17)19/h6-7,9-10,18H,2-5,8H2,1H3/t9-/m0/s1. The number of carbonyl (C=O) groups excluding carboxylic acids is 1. The number of hydrogen-bond acceptors (Lipinski definition) is 2. The molecule has 1 aromatic rings. The lowest BCUT2D eigenvalue weighted by atomic mass is 10.0. The van der Waals surface area contributed by atoms with Crippen molar-refractivity contribution in [3.05, 3.63) is 33.8 Å².